The molecule has 1 aromatic carbocycles. The van der Waals surface area contributed by atoms with Gasteiger partial charge in [-0.05, 0) is 31.2 Å². The van der Waals surface area contributed by atoms with E-state index in [2.05, 4.69) is 15.4 Å². The first kappa shape index (κ1) is 10.5. The minimum atomic E-state index is 0.266. The number of aromatic hydroxyl groups is 1. The molecule has 1 aromatic heterocycles. The zero-order chi connectivity index (χ0) is 11.4. The molecule has 84 valence electrons. The van der Waals surface area contributed by atoms with Crippen LogP contribution >= 0.6 is 0 Å². The van der Waals surface area contributed by atoms with E-state index in [1.54, 1.807) is 18.5 Å². The molecule has 5 nitrogen and oxygen atoms in total. The molecule has 0 saturated carbocycles. The topological polar surface area (TPSA) is 63.0 Å². The fourth-order valence-corrected chi connectivity index (χ4v) is 1.45. The molecule has 0 fully saturated rings. The van der Waals surface area contributed by atoms with Gasteiger partial charge in [0.05, 0.1) is 6.54 Å². The van der Waals surface area contributed by atoms with Crippen LogP contribution in [0, 0.1) is 0 Å². The number of hydrogen-bond acceptors (Lipinski definition) is 4. The number of rotatable bonds is 4. The lowest BCUT2D eigenvalue weighted by Gasteiger charge is -2.06. The van der Waals surface area contributed by atoms with Crippen LogP contribution in [0.1, 0.15) is 12.7 Å². The van der Waals surface area contributed by atoms with Crippen LogP contribution in [0.2, 0.25) is 0 Å². The maximum atomic E-state index is 9.14. The Bertz CT molecular complexity index is 449. The minimum absolute atomic E-state index is 0.266. The van der Waals surface area contributed by atoms with Crippen molar-refractivity contribution in [2.75, 3.05) is 5.32 Å². The summed E-state index contributed by atoms with van der Waals surface area (Å²) in [4.78, 5) is 4.16. The summed E-state index contributed by atoms with van der Waals surface area (Å²) in [6.07, 6.45) is 1.55. The van der Waals surface area contributed by atoms with Crippen LogP contribution < -0.4 is 5.32 Å². The number of nitrogens with one attached hydrogen (secondary N) is 1. The fourth-order valence-electron chi connectivity index (χ4n) is 1.45. The first-order valence-corrected chi connectivity index (χ1v) is 5.19. The molecule has 0 bridgehead atoms. The second kappa shape index (κ2) is 4.65. The predicted octanol–water partition coefficient (Wildman–Crippen LogP) is 1.62. The van der Waals surface area contributed by atoms with Crippen molar-refractivity contribution in [1.82, 2.24) is 14.8 Å². The van der Waals surface area contributed by atoms with E-state index in [1.807, 2.05) is 23.7 Å². The Morgan fingerprint density at radius 3 is 2.75 bits per heavy atom. The van der Waals surface area contributed by atoms with Gasteiger partial charge in [0.1, 0.15) is 17.9 Å². The fraction of sp³-hybridized carbons (Fsp3) is 0.273. The smallest absolute Gasteiger partial charge is 0.146 e. The van der Waals surface area contributed by atoms with Gasteiger partial charge in [-0.1, -0.05) is 0 Å². The summed E-state index contributed by atoms with van der Waals surface area (Å²) in [5.74, 6) is 1.16. The molecular formula is C11H14N4O. The van der Waals surface area contributed by atoms with Crippen molar-refractivity contribution in [3.05, 3.63) is 36.4 Å². The molecule has 0 radical (unpaired) electrons. The van der Waals surface area contributed by atoms with Gasteiger partial charge in [-0.25, -0.2) is 9.67 Å². The van der Waals surface area contributed by atoms with E-state index < -0.39 is 0 Å². The van der Waals surface area contributed by atoms with Gasteiger partial charge in [0, 0.05) is 12.2 Å². The third kappa shape index (κ3) is 2.31. The summed E-state index contributed by atoms with van der Waals surface area (Å²) < 4.78 is 1.84. The molecular weight excluding hydrogens is 204 g/mol. The summed E-state index contributed by atoms with van der Waals surface area (Å²) >= 11 is 0. The molecule has 0 spiro atoms. The van der Waals surface area contributed by atoms with Crippen LogP contribution in [0.5, 0.6) is 5.75 Å². The highest BCUT2D eigenvalue weighted by molar-refractivity contribution is 5.45. The standard InChI is InChI=1S/C11H14N4O/c1-2-15-11(13-8-14-15)7-12-9-3-5-10(16)6-4-9/h3-6,8,12,16H,2,7H2,1H3. The van der Waals surface area contributed by atoms with Crippen molar-refractivity contribution in [3.8, 4) is 5.75 Å². The van der Waals surface area contributed by atoms with E-state index in [0.29, 0.717) is 6.54 Å². The SMILES string of the molecule is CCn1ncnc1CNc1ccc(O)cc1. The minimum Gasteiger partial charge on any atom is -0.508 e. The van der Waals surface area contributed by atoms with Crippen molar-refractivity contribution in [2.45, 2.75) is 20.0 Å². The highest BCUT2D eigenvalue weighted by Crippen LogP contribution is 2.14. The highest BCUT2D eigenvalue weighted by atomic mass is 16.3. The van der Waals surface area contributed by atoms with Gasteiger partial charge in [0.2, 0.25) is 0 Å². The van der Waals surface area contributed by atoms with Crippen molar-refractivity contribution < 1.29 is 5.11 Å². The number of aromatic nitrogens is 3. The van der Waals surface area contributed by atoms with Crippen molar-refractivity contribution in [2.24, 2.45) is 0 Å². The van der Waals surface area contributed by atoms with Crippen LogP contribution in [-0.4, -0.2) is 19.9 Å². The number of benzene rings is 1. The summed E-state index contributed by atoms with van der Waals surface area (Å²) in [5, 5.41) is 16.4. The molecule has 0 aliphatic carbocycles. The molecule has 0 aliphatic rings. The number of hydrogen-bond donors (Lipinski definition) is 2. The molecule has 0 amide bonds. The van der Waals surface area contributed by atoms with Crippen LogP contribution in [0.3, 0.4) is 0 Å². The second-order valence-corrected chi connectivity index (χ2v) is 3.39. The largest absolute Gasteiger partial charge is 0.508 e. The molecule has 2 aromatic rings. The van der Waals surface area contributed by atoms with Gasteiger partial charge >= 0.3 is 0 Å². The van der Waals surface area contributed by atoms with E-state index in [0.717, 1.165) is 18.1 Å². The van der Waals surface area contributed by atoms with Gasteiger partial charge in [-0.15, -0.1) is 0 Å². The first-order chi connectivity index (χ1) is 7.79. The lowest BCUT2D eigenvalue weighted by molar-refractivity contribution is 0.475. The van der Waals surface area contributed by atoms with Gasteiger partial charge in [0.15, 0.2) is 0 Å². The lowest BCUT2D eigenvalue weighted by Crippen LogP contribution is -2.08. The van der Waals surface area contributed by atoms with E-state index in [4.69, 9.17) is 5.11 Å². The molecule has 0 saturated heterocycles. The van der Waals surface area contributed by atoms with Gasteiger partial charge in [-0.3, -0.25) is 0 Å². The Morgan fingerprint density at radius 2 is 2.06 bits per heavy atom. The molecule has 5 heteroatoms. The number of aryl methyl sites for hydroxylation is 1. The Hall–Kier alpha value is -2.04. The molecule has 1 heterocycles. The maximum Gasteiger partial charge on any atom is 0.146 e. The number of phenolic OH excluding ortho intramolecular Hbond substituents is 1. The van der Waals surface area contributed by atoms with Crippen molar-refractivity contribution in [1.29, 1.82) is 0 Å². The summed E-state index contributed by atoms with van der Waals surface area (Å²) in [6, 6.07) is 6.93. The molecule has 16 heavy (non-hydrogen) atoms. The zero-order valence-electron chi connectivity index (χ0n) is 9.09. The second-order valence-electron chi connectivity index (χ2n) is 3.39. The maximum absolute atomic E-state index is 9.14. The highest BCUT2D eigenvalue weighted by Gasteiger charge is 2.01. The van der Waals surface area contributed by atoms with Crippen LogP contribution in [0.4, 0.5) is 5.69 Å². The Kier molecular flexibility index (Phi) is 3.05. The Labute approximate surface area is 93.8 Å². The quantitative estimate of drug-likeness (QED) is 0.765. The number of nitrogens with zero attached hydrogens (tertiary/aromatic N) is 3. The lowest BCUT2D eigenvalue weighted by atomic mass is 10.3. The average molecular weight is 218 g/mol. The normalized spacial score (nSPS) is 10.3. The van der Waals surface area contributed by atoms with Crippen LogP contribution in [0.15, 0.2) is 30.6 Å². The number of phenols is 1. The third-order valence-electron chi connectivity index (χ3n) is 2.31. The van der Waals surface area contributed by atoms with Crippen molar-refractivity contribution in [3.63, 3.8) is 0 Å². The Morgan fingerprint density at radius 1 is 1.31 bits per heavy atom. The monoisotopic (exact) mass is 218 g/mol. The van der Waals surface area contributed by atoms with E-state index in [1.165, 1.54) is 0 Å². The summed E-state index contributed by atoms with van der Waals surface area (Å²) in [5.41, 5.74) is 0.948. The third-order valence-corrected chi connectivity index (χ3v) is 2.31. The molecule has 2 N–H and O–H groups in total. The molecule has 0 unspecified atom stereocenters. The van der Waals surface area contributed by atoms with E-state index in [9.17, 15) is 0 Å². The van der Waals surface area contributed by atoms with Gasteiger partial charge < -0.3 is 10.4 Å². The summed E-state index contributed by atoms with van der Waals surface area (Å²) in [7, 11) is 0. The first-order valence-electron chi connectivity index (χ1n) is 5.19. The molecule has 2 rings (SSSR count). The number of anilines is 1. The average Bonchev–Trinajstić information content (AvgIpc) is 2.76. The van der Waals surface area contributed by atoms with Crippen LogP contribution in [0.25, 0.3) is 0 Å². The molecule has 0 aliphatic heterocycles. The zero-order valence-corrected chi connectivity index (χ0v) is 9.09. The van der Waals surface area contributed by atoms with Crippen LogP contribution in [-0.2, 0) is 13.1 Å². The van der Waals surface area contributed by atoms with Crippen molar-refractivity contribution >= 4 is 5.69 Å². The molecule has 0 atom stereocenters. The van der Waals surface area contributed by atoms with Gasteiger partial charge in [-0.2, -0.15) is 5.10 Å². The van der Waals surface area contributed by atoms with E-state index >= 15 is 0 Å². The Balaban J connectivity index is 1.99. The van der Waals surface area contributed by atoms with E-state index in [-0.39, 0.29) is 5.75 Å². The van der Waals surface area contributed by atoms with Gasteiger partial charge in [0.25, 0.3) is 0 Å². The summed E-state index contributed by atoms with van der Waals surface area (Å²) in [6.45, 7) is 3.46. The predicted molar refractivity (Wildman–Crippen MR) is 61.1 cm³/mol.